The topological polar surface area (TPSA) is 49.9 Å². The summed E-state index contributed by atoms with van der Waals surface area (Å²) in [6.07, 6.45) is 7.37. The highest BCUT2D eigenvalue weighted by Gasteiger charge is 2.45. The van der Waals surface area contributed by atoms with Crippen molar-refractivity contribution in [1.82, 2.24) is 9.80 Å². The van der Waals surface area contributed by atoms with Gasteiger partial charge < -0.3 is 14.5 Å². The summed E-state index contributed by atoms with van der Waals surface area (Å²) in [5, 5.41) is 0. The maximum atomic E-state index is 13.1. The van der Waals surface area contributed by atoms with Crippen molar-refractivity contribution in [3.63, 3.8) is 0 Å². The molecule has 2 aliphatic heterocycles. The Balaban J connectivity index is 1.15. The first-order chi connectivity index (χ1) is 16.1. The Morgan fingerprint density at radius 1 is 1.00 bits per heavy atom. The van der Waals surface area contributed by atoms with Gasteiger partial charge in [-0.3, -0.25) is 9.59 Å². The van der Waals surface area contributed by atoms with Gasteiger partial charge in [-0.25, -0.2) is 0 Å². The van der Waals surface area contributed by atoms with Crippen LogP contribution in [0.3, 0.4) is 0 Å². The Kier molecular flexibility index (Phi) is 5.96. The molecule has 2 aromatic carbocycles. The summed E-state index contributed by atoms with van der Waals surface area (Å²) >= 11 is 0. The molecule has 172 valence electrons. The van der Waals surface area contributed by atoms with Crippen LogP contribution in [-0.2, 0) is 16.0 Å². The Hall–Kier alpha value is -3.08. The summed E-state index contributed by atoms with van der Waals surface area (Å²) in [4.78, 5) is 30.0. The highest BCUT2D eigenvalue weighted by molar-refractivity contribution is 5.92. The highest BCUT2D eigenvalue weighted by atomic mass is 16.5. The maximum Gasteiger partial charge on any atom is 0.246 e. The first-order valence-electron chi connectivity index (χ1n) is 12.1. The number of para-hydroxylation sites is 1. The van der Waals surface area contributed by atoms with Crippen molar-refractivity contribution in [2.45, 2.75) is 38.5 Å². The Bertz CT molecular complexity index is 1070. The smallest absolute Gasteiger partial charge is 0.246 e. The molecule has 5 nitrogen and oxygen atoms in total. The maximum absolute atomic E-state index is 13.1. The van der Waals surface area contributed by atoms with E-state index >= 15 is 0 Å². The van der Waals surface area contributed by atoms with Gasteiger partial charge in [0.1, 0.15) is 5.75 Å². The number of hydrogen-bond acceptors (Lipinski definition) is 3. The molecule has 33 heavy (non-hydrogen) atoms. The van der Waals surface area contributed by atoms with E-state index in [0.29, 0.717) is 12.5 Å². The SMILES string of the molecule is CCOc1ccccc1/C=C/C(=O)N1CCC2(CC1)CCN(C(=O)C1Cc3ccccc31)C2. The van der Waals surface area contributed by atoms with Crippen LogP contribution in [0.25, 0.3) is 6.08 Å². The molecule has 0 saturated carbocycles. The number of amides is 2. The van der Waals surface area contributed by atoms with Crippen molar-refractivity contribution in [3.05, 3.63) is 71.3 Å². The second-order valence-electron chi connectivity index (χ2n) is 9.59. The van der Waals surface area contributed by atoms with Crippen LogP contribution >= 0.6 is 0 Å². The number of ether oxygens (including phenoxy) is 1. The fourth-order valence-corrected chi connectivity index (χ4v) is 5.60. The molecule has 0 N–H and O–H groups in total. The van der Waals surface area contributed by atoms with Crippen LogP contribution in [-0.4, -0.2) is 54.4 Å². The van der Waals surface area contributed by atoms with Crippen molar-refractivity contribution < 1.29 is 14.3 Å². The van der Waals surface area contributed by atoms with Gasteiger partial charge in [0.05, 0.1) is 12.5 Å². The third kappa shape index (κ3) is 4.29. The van der Waals surface area contributed by atoms with Gasteiger partial charge in [-0.15, -0.1) is 0 Å². The summed E-state index contributed by atoms with van der Waals surface area (Å²) in [5.41, 5.74) is 3.61. The molecule has 1 unspecified atom stereocenters. The van der Waals surface area contributed by atoms with Crippen molar-refractivity contribution in [1.29, 1.82) is 0 Å². The first kappa shape index (κ1) is 21.7. The quantitative estimate of drug-likeness (QED) is 0.647. The first-order valence-corrected chi connectivity index (χ1v) is 12.1. The van der Waals surface area contributed by atoms with Gasteiger partial charge in [0, 0.05) is 37.8 Å². The lowest BCUT2D eigenvalue weighted by molar-refractivity contribution is -0.133. The molecule has 1 atom stereocenters. The summed E-state index contributed by atoms with van der Waals surface area (Å²) in [6.45, 7) is 5.75. The van der Waals surface area contributed by atoms with E-state index in [4.69, 9.17) is 4.74 Å². The van der Waals surface area contributed by atoms with Crippen LogP contribution < -0.4 is 4.74 Å². The minimum absolute atomic E-state index is 0.0442. The van der Waals surface area contributed by atoms with Gasteiger partial charge in [-0.05, 0) is 61.3 Å². The molecule has 0 aromatic heterocycles. The number of likely N-dealkylation sites (tertiary alicyclic amines) is 2. The predicted octanol–water partition coefficient (Wildman–Crippen LogP) is 4.28. The average Bonchev–Trinajstić information content (AvgIpc) is 3.23. The van der Waals surface area contributed by atoms with Gasteiger partial charge in [-0.1, -0.05) is 42.5 Å². The van der Waals surface area contributed by atoms with E-state index in [1.165, 1.54) is 11.1 Å². The van der Waals surface area contributed by atoms with Crippen LogP contribution in [0.1, 0.15) is 48.8 Å². The molecule has 1 aliphatic carbocycles. The van der Waals surface area contributed by atoms with E-state index in [-0.39, 0.29) is 17.2 Å². The number of fused-ring (bicyclic) bond motifs is 1. The number of carbonyl (C=O) groups excluding carboxylic acids is 2. The summed E-state index contributed by atoms with van der Waals surface area (Å²) in [6, 6.07) is 16.1. The zero-order valence-corrected chi connectivity index (χ0v) is 19.3. The second-order valence-corrected chi connectivity index (χ2v) is 9.59. The van der Waals surface area contributed by atoms with Crippen molar-refractivity contribution in [2.24, 2.45) is 5.41 Å². The summed E-state index contributed by atoms with van der Waals surface area (Å²) in [7, 11) is 0. The molecule has 2 fully saturated rings. The normalized spacial score (nSPS) is 21.2. The minimum atomic E-state index is 0.0442. The molecule has 1 spiro atoms. The van der Waals surface area contributed by atoms with Crippen molar-refractivity contribution in [2.75, 3.05) is 32.8 Å². The Morgan fingerprint density at radius 2 is 1.70 bits per heavy atom. The van der Waals surface area contributed by atoms with Crippen molar-refractivity contribution >= 4 is 17.9 Å². The van der Waals surface area contributed by atoms with E-state index < -0.39 is 0 Å². The lowest BCUT2D eigenvalue weighted by atomic mass is 9.76. The average molecular weight is 445 g/mol. The van der Waals surface area contributed by atoms with Crippen LogP contribution in [0.5, 0.6) is 5.75 Å². The number of carbonyl (C=O) groups is 2. The number of benzene rings is 2. The molecule has 2 saturated heterocycles. The molecule has 2 heterocycles. The molecular weight excluding hydrogens is 412 g/mol. The second kappa shape index (κ2) is 9.05. The fraction of sp³-hybridized carbons (Fsp3) is 0.429. The Labute approximate surface area is 196 Å². The molecule has 2 aromatic rings. The van der Waals surface area contributed by atoms with Crippen molar-refractivity contribution in [3.8, 4) is 5.75 Å². The molecule has 5 rings (SSSR count). The van der Waals surface area contributed by atoms with Gasteiger partial charge in [0.15, 0.2) is 0 Å². The third-order valence-corrected chi connectivity index (χ3v) is 7.66. The van der Waals surface area contributed by atoms with Crippen LogP contribution in [0.15, 0.2) is 54.6 Å². The van der Waals surface area contributed by atoms with Gasteiger partial charge in [0.2, 0.25) is 11.8 Å². The number of hydrogen-bond donors (Lipinski definition) is 0. The monoisotopic (exact) mass is 444 g/mol. The van der Waals surface area contributed by atoms with Crippen LogP contribution in [0.2, 0.25) is 0 Å². The zero-order valence-electron chi connectivity index (χ0n) is 19.3. The van der Waals surface area contributed by atoms with E-state index in [0.717, 1.165) is 63.2 Å². The van der Waals surface area contributed by atoms with Crippen LogP contribution in [0, 0.1) is 5.41 Å². The van der Waals surface area contributed by atoms with Gasteiger partial charge in [0.25, 0.3) is 0 Å². The van der Waals surface area contributed by atoms with E-state index in [9.17, 15) is 9.59 Å². The van der Waals surface area contributed by atoms with E-state index in [1.807, 2.05) is 54.3 Å². The number of piperidine rings is 1. The predicted molar refractivity (Wildman–Crippen MR) is 129 cm³/mol. The zero-order chi connectivity index (χ0) is 22.8. The van der Waals surface area contributed by atoms with E-state index in [1.54, 1.807) is 6.08 Å². The number of rotatable bonds is 5. The molecule has 0 radical (unpaired) electrons. The molecule has 0 bridgehead atoms. The summed E-state index contributed by atoms with van der Waals surface area (Å²) in [5.74, 6) is 1.18. The largest absolute Gasteiger partial charge is 0.493 e. The summed E-state index contributed by atoms with van der Waals surface area (Å²) < 4.78 is 5.65. The Morgan fingerprint density at radius 3 is 2.45 bits per heavy atom. The number of nitrogens with zero attached hydrogens (tertiary/aromatic N) is 2. The highest BCUT2D eigenvalue weighted by Crippen LogP contribution is 2.43. The lowest BCUT2D eigenvalue weighted by Gasteiger charge is -2.39. The van der Waals surface area contributed by atoms with Gasteiger partial charge >= 0.3 is 0 Å². The fourth-order valence-electron chi connectivity index (χ4n) is 5.60. The minimum Gasteiger partial charge on any atom is -0.493 e. The van der Waals surface area contributed by atoms with E-state index in [2.05, 4.69) is 17.0 Å². The standard InChI is InChI=1S/C28H32N2O3/c1-2-33-25-10-6-4-7-21(25)11-12-26(31)29-16-13-28(14-17-29)15-18-30(20-28)27(32)24-19-22-8-3-5-9-23(22)24/h3-12,24H,2,13-20H2,1H3/b12-11+. The lowest BCUT2D eigenvalue weighted by Crippen LogP contribution is -2.45. The third-order valence-electron chi connectivity index (χ3n) is 7.66. The molecule has 5 heteroatoms. The molecule has 2 amide bonds. The van der Waals surface area contributed by atoms with Crippen LogP contribution in [0.4, 0.5) is 0 Å². The molecule has 3 aliphatic rings. The molecular formula is C28H32N2O3. The van der Waals surface area contributed by atoms with Gasteiger partial charge in [-0.2, -0.15) is 0 Å².